The zero-order valence-corrected chi connectivity index (χ0v) is 14.1. The first-order valence-corrected chi connectivity index (χ1v) is 8.12. The summed E-state index contributed by atoms with van der Waals surface area (Å²) >= 11 is 0. The molecule has 5 heteroatoms. The van der Waals surface area contributed by atoms with Crippen LogP contribution < -0.4 is 5.56 Å². The van der Waals surface area contributed by atoms with E-state index in [1.54, 1.807) is 26.4 Å². The first-order chi connectivity index (χ1) is 11.6. The van der Waals surface area contributed by atoms with Crippen LogP contribution in [0.5, 0.6) is 0 Å². The Kier molecular flexibility index (Phi) is 4.53. The molecule has 2 heterocycles. The molecule has 1 aromatic heterocycles. The van der Waals surface area contributed by atoms with Gasteiger partial charge < -0.3 is 14.2 Å². The molecule has 0 N–H and O–H groups in total. The van der Waals surface area contributed by atoms with Crippen LogP contribution in [0.2, 0.25) is 0 Å². The van der Waals surface area contributed by atoms with Crippen molar-refractivity contribution in [3.8, 4) is 0 Å². The number of nitrogens with zero attached hydrogens (tertiary/aromatic N) is 2. The highest BCUT2D eigenvalue weighted by Gasteiger charge is 2.37. The second kappa shape index (κ2) is 6.61. The maximum absolute atomic E-state index is 12.7. The molecule has 5 nitrogen and oxygen atoms in total. The minimum absolute atomic E-state index is 0.0386. The van der Waals surface area contributed by atoms with Gasteiger partial charge in [-0.15, -0.1) is 0 Å². The van der Waals surface area contributed by atoms with Crippen molar-refractivity contribution in [2.45, 2.75) is 18.4 Å². The molecule has 24 heavy (non-hydrogen) atoms. The Morgan fingerprint density at radius 3 is 2.33 bits per heavy atom. The molecule has 0 bridgehead atoms. The van der Waals surface area contributed by atoms with Crippen molar-refractivity contribution >= 4 is 5.91 Å². The molecule has 1 aromatic carbocycles. The van der Waals surface area contributed by atoms with Crippen molar-refractivity contribution in [3.05, 3.63) is 70.1 Å². The van der Waals surface area contributed by atoms with E-state index in [2.05, 4.69) is 12.1 Å². The van der Waals surface area contributed by atoms with Gasteiger partial charge in [0.15, 0.2) is 0 Å². The van der Waals surface area contributed by atoms with E-state index >= 15 is 0 Å². The SMILES string of the molecule is COC1(c2ccccc2)CCN(C(=O)c2ccc(=O)n(C)c2)CC1. The van der Waals surface area contributed by atoms with Crippen LogP contribution in [0.3, 0.4) is 0 Å². The molecule has 1 fully saturated rings. The van der Waals surface area contributed by atoms with Crippen LogP contribution in [0.1, 0.15) is 28.8 Å². The van der Waals surface area contributed by atoms with Gasteiger partial charge in [-0.25, -0.2) is 0 Å². The average Bonchev–Trinajstić information content (AvgIpc) is 2.64. The van der Waals surface area contributed by atoms with Crippen LogP contribution in [-0.2, 0) is 17.4 Å². The number of hydrogen-bond donors (Lipinski definition) is 0. The van der Waals surface area contributed by atoms with Gasteiger partial charge in [0.05, 0.1) is 11.2 Å². The molecule has 0 spiro atoms. The molecule has 0 aliphatic carbocycles. The van der Waals surface area contributed by atoms with Gasteiger partial charge >= 0.3 is 0 Å². The monoisotopic (exact) mass is 326 g/mol. The third-order valence-corrected chi connectivity index (χ3v) is 4.88. The summed E-state index contributed by atoms with van der Waals surface area (Å²) in [4.78, 5) is 26.0. The Hall–Kier alpha value is -2.40. The molecule has 126 valence electrons. The molecule has 0 unspecified atom stereocenters. The largest absolute Gasteiger partial charge is 0.373 e. The quantitative estimate of drug-likeness (QED) is 0.868. The van der Waals surface area contributed by atoms with Crippen LogP contribution in [0.4, 0.5) is 0 Å². The number of amides is 1. The zero-order valence-electron chi connectivity index (χ0n) is 14.1. The molecule has 2 aromatic rings. The number of hydrogen-bond acceptors (Lipinski definition) is 3. The molecule has 1 aliphatic rings. The second-order valence-corrected chi connectivity index (χ2v) is 6.22. The van der Waals surface area contributed by atoms with E-state index in [4.69, 9.17) is 4.74 Å². The fourth-order valence-electron chi connectivity index (χ4n) is 3.33. The van der Waals surface area contributed by atoms with Gasteiger partial charge in [-0.3, -0.25) is 9.59 Å². The molecular weight excluding hydrogens is 304 g/mol. The van der Waals surface area contributed by atoms with Crippen LogP contribution in [0.25, 0.3) is 0 Å². The smallest absolute Gasteiger partial charge is 0.255 e. The lowest BCUT2D eigenvalue weighted by Crippen LogP contribution is -2.46. The second-order valence-electron chi connectivity index (χ2n) is 6.22. The van der Waals surface area contributed by atoms with Crippen LogP contribution in [0, 0.1) is 0 Å². The highest BCUT2D eigenvalue weighted by atomic mass is 16.5. The summed E-state index contributed by atoms with van der Waals surface area (Å²) in [6, 6.07) is 13.2. The summed E-state index contributed by atoms with van der Waals surface area (Å²) in [5.74, 6) is -0.0386. The number of benzene rings is 1. The number of carbonyl (C=O) groups is 1. The van der Waals surface area contributed by atoms with Gasteiger partial charge in [-0.2, -0.15) is 0 Å². The standard InChI is InChI=1S/C19H22N2O3/c1-20-14-15(8-9-17(20)22)18(23)21-12-10-19(24-2,11-13-21)16-6-4-3-5-7-16/h3-9,14H,10-13H2,1-2H3. The van der Waals surface area contributed by atoms with Crippen molar-refractivity contribution in [1.82, 2.24) is 9.47 Å². The summed E-state index contributed by atoms with van der Waals surface area (Å²) in [6.45, 7) is 1.26. The van der Waals surface area contributed by atoms with E-state index in [9.17, 15) is 9.59 Å². The Morgan fingerprint density at radius 2 is 1.75 bits per heavy atom. The lowest BCUT2D eigenvalue weighted by atomic mass is 9.84. The Balaban J connectivity index is 1.75. The predicted molar refractivity (Wildman–Crippen MR) is 91.9 cm³/mol. The number of pyridine rings is 1. The highest BCUT2D eigenvalue weighted by molar-refractivity contribution is 5.94. The van der Waals surface area contributed by atoms with Gasteiger partial charge in [0.2, 0.25) is 5.56 Å². The van der Waals surface area contributed by atoms with Gasteiger partial charge in [0.25, 0.3) is 5.91 Å². The number of rotatable bonds is 3. The molecule has 0 saturated carbocycles. The number of methoxy groups -OCH3 is 1. The number of piperidine rings is 1. The van der Waals surface area contributed by atoms with Gasteiger partial charge in [-0.05, 0) is 24.5 Å². The van der Waals surface area contributed by atoms with Gasteiger partial charge in [0, 0.05) is 39.5 Å². The molecule has 0 radical (unpaired) electrons. The van der Waals surface area contributed by atoms with Crippen LogP contribution >= 0.6 is 0 Å². The first-order valence-electron chi connectivity index (χ1n) is 8.12. The molecular formula is C19H22N2O3. The van der Waals surface area contributed by atoms with Crippen molar-refractivity contribution in [2.75, 3.05) is 20.2 Å². The minimum Gasteiger partial charge on any atom is -0.373 e. The maximum Gasteiger partial charge on any atom is 0.255 e. The van der Waals surface area contributed by atoms with Crippen LogP contribution in [-0.4, -0.2) is 35.6 Å². The number of aromatic nitrogens is 1. The van der Waals surface area contributed by atoms with E-state index in [-0.39, 0.29) is 17.1 Å². The van der Waals surface area contributed by atoms with Crippen molar-refractivity contribution < 1.29 is 9.53 Å². The van der Waals surface area contributed by atoms with Crippen molar-refractivity contribution in [2.24, 2.45) is 7.05 Å². The van der Waals surface area contributed by atoms with E-state index in [0.717, 1.165) is 18.4 Å². The summed E-state index contributed by atoms with van der Waals surface area (Å²) in [5.41, 5.74) is 1.25. The zero-order chi connectivity index (χ0) is 17.2. The lowest BCUT2D eigenvalue weighted by Gasteiger charge is -2.41. The summed E-state index contributed by atoms with van der Waals surface area (Å²) in [6.07, 6.45) is 3.11. The number of likely N-dealkylation sites (tertiary alicyclic amines) is 1. The minimum atomic E-state index is -0.332. The summed E-state index contributed by atoms with van der Waals surface area (Å²) < 4.78 is 7.28. The van der Waals surface area contributed by atoms with Crippen molar-refractivity contribution in [1.29, 1.82) is 0 Å². The number of carbonyl (C=O) groups excluding carboxylic acids is 1. The number of aryl methyl sites for hydroxylation is 1. The Labute approximate surface area is 141 Å². The van der Waals surface area contributed by atoms with Crippen molar-refractivity contribution in [3.63, 3.8) is 0 Å². The fourth-order valence-corrected chi connectivity index (χ4v) is 3.33. The highest BCUT2D eigenvalue weighted by Crippen LogP contribution is 2.36. The molecule has 1 amide bonds. The molecule has 1 aliphatic heterocycles. The summed E-state index contributed by atoms with van der Waals surface area (Å²) in [5, 5.41) is 0. The Morgan fingerprint density at radius 1 is 1.08 bits per heavy atom. The topological polar surface area (TPSA) is 51.5 Å². The first kappa shape index (κ1) is 16.5. The fraction of sp³-hybridized carbons (Fsp3) is 0.368. The maximum atomic E-state index is 12.7. The molecule has 3 rings (SSSR count). The summed E-state index contributed by atoms with van der Waals surface area (Å²) in [7, 11) is 3.39. The van der Waals surface area contributed by atoms with E-state index in [1.165, 1.54) is 10.6 Å². The normalized spacial score (nSPS) is 16.8. The van der Waals surface area contributed by atoms with E-state index in [1.807, 2.05) is 23.1 Å². The Bertz CT molecular complexity index is 775. The third-order valence-electron chi connectivity index (χ3n) is 4.88. The van der Waals surface area contributed by atoms with E-state index in [0.29, 0.717) is 18.7 Å². The van der Waals surface area contributed by atoms with Gasteiger partial charge in [0.1, 0.15) is 0 Å². The molecule has 1 saturated heterocycles. The third kappa shape index (κ3) is 2.99. The number of ether oxygens (including phenoxy) is 1. The molecule has 0 atom stereocenters. The predicted octanol–water partition coefficient (Wildman–Crippen LogP) is 2.16. The van der Waals surface area contributed by atoms with Gasteiger partial charge in [-0.1, -0.05) is 30.3 Å². The average molecular weight is 326 g/mol. The van der Waals surface area contributed by atoms with Crippen LogP contribution in [0.15, 0.2) is 53.5 Å². The lowest BCUT2D eigenvalue weighted by molar-refractivity contribution is -0.0574. The van der Waals surface area contributed by atoms with E-state index < -0.39 is 0 Å².